The molecule has 1 fully saturated rings. The van der Waals surface area contributed by atoms with E-state index in [2.05, 4.69) is 26.2 Å². The van der Waals surface area contributed by atoms with E-state index in [0.29, 0.717) is 11.5 Å². The highest BCUT2D eigenvalue weighted by Gasteiger charge is 2.50. The molecule has 1 nitrogen and oxygen atoms in total. The number of hydrogen-bond donors (Lipinski definition) is 1. The van der Waals surface area contributed by atoms with Crippen molar-refractivity contribution in [3.05, 3.63) is 11.1 Å². The molecule has 2 aliphatic rings. The van der Waals surface area contributed by atoms with Gasteiger partial charge in [-0.15, -0.1) is 0 Å². The molecule has 0 saturated heterocycles. The van der Waals surface area contributed by atoms with Gasteiger partial charge in [0.05, 0.1) is 0 Å². The Morgan fingerprint density at radius 1 is 1.10 bits per heavy atom. The van der Waals surface area contributed by atoms with E-state index in [1.165, 1.54) is 57.8 Å². The molecule has 0 radical (unpaired) electrons. The number of likely N-dealkylation sites (N-methyl/N-ethyl adjacent to an activating group) is 1. The summed E-state index contributed by atoms with van der Waals surface area (Å²) in [5.74, 6) is 0. The largest absolute Gasteiger partial charge is 0.313 e. The zero-order chi connectivity index (χ0) is 16.3. The number of fused-ring (bicyclic) bond motifs is 1. The van der Waals surface area contributed by atoms with Crippen LogP contribution < -0.4 is 5.32 Å². The summed E-state index contributed by atoms with van der Waals surface area (Å²) in [6, 6.07) is 0.692. The molecule has 21 heavy (non-hydrogen) atoms. The van der Waals surface area contributed by atoms with Crippen molar-refractivity contribution >= 4 is 0 Å². The average Bonchev–Trinajstić information content (AvgIpc) is 3.25. The van der Waals surface area contributed by atoms with Gasteiger partial charge in [0, 0.05) is 6.04 Å². The number of hydrogen-bond acceptors (Lipinski definition) is 1. The fourth-order valence-corrected chi connectivity index (χ4v) is 3.87. The third kappa shape index (κ3) is 5.43. The Hall–Kier alpha value is -0.300. The molecule has 0 aliphatic heterocycles. The lowest BCUT2D eigenvalue weighted by atomic mass is 9.93. The van der Waals surface area contributed by atoms with Crippen molar-refractivity contribution in [2.45, 2.75) is 105 Å². The van der Waals surface area contributed by atoms with Crippen LogP contribution in [0.5, 0.6) is 0 Å². The molecule has 2 unspecified atom stereocenters. The summed E-state index contributed by atoms with van der Waals surface area (Å²) in [7, 11) is 2.15. The van der Waals surface area contributed by atoms with Gasteiger partial charge in [-0.25, -0.2) is 0 Å². The monoisotopic (exact) mass is 295 g/mol. The van der Waals surface area contributed by atoms with E-state index in [4.69, 9.17) is 0 Å². The molecule has 0 spiro atoms. The summed E-state index contributed by atoms with van der Waals surface area (Å²) in [5, 5.41) is 3.56. The highest BCUT2D eigenvalue weighted by Crippen LogP contribution is 2.62. The van der Waals surface area contributed by atoms with Crippen LogP contribution in [-0.4, -0.2) is 13.1 Å². The zero-order valence-electron chi connectivity index (χ0n) is 15.9. The lowest BCUT2D eigenvalue weighted by Gasteiger charge is -2.18. The molecule has 1 saturated carbocycles. The SMILES string of the molecule is CC.CC.CCCCC1=C2CC2(CCC)CCCC1NC. The molecule has 0 amide bonds. The van der Waals surface area contributed by atoms with Crippen molar-refractivity contribution in [2.75, 3.05) is 7.05 Å². The van der Waals surface area contributed by atoms with Gasteiger partial charge in [-0.05, 0) is 51.0 Å². The van der Waals surface area contributed by atoms with Crippen LogP contribution in [-0.2, 0) is 0 Å². The van der Waals surface area contributed by atoms with Crippen LogP contribution in [0.1, 0.15) is 99.3 Å². The maximum atomic E-state index is 3.56. The third-order valence-electron chi connectivity index (χ3n) is 4.86. The normalized spacial score (nSPS) is 26.7. The van der Waals surface area contributed by atoms with Crippen molar-refractivity contribution in [1.82, 2.24) is 5.32 Å². The van der Waals surface area contributed by atoms with Gasteiger partial charge in [0.1, 0.15) is 0 Å². The molecular weight excluding hydrogens is 254 g/mol. The Morgan fingerprint density at radius 3 is 2.29 bits per heavy atom. The minimum Gasteiger partial charge on any atom is -0.313 e. The Morgan fingerprint density at radius 2 is 1.76 bits per heavy atom. The second-order valence-corrected chi connectivity index (χ2v) is 6.05. The summed E-state index contributed by atoms with van der Waals surface area (Å²) in [5.41, 5.74) is 4.34. The predicted octanol–water partition coefficient (Wildman–Crippen LogP) is 6.49. The fourth-order valence-electron chi connectivity index (χ4n) is 3.87. The van der Waals surface area contributed by atoms with Crippen LogP contribution in [0.15, 0.2) is 11.1 Å². The summed E-state index contributed by atoms with van der Waals surface area (Å²) >= 11 is 0. The van der Waals surface area contributed by atoms with Crippen molar-refractivity contribution < 1.29 is 0 Å². The average molecular weight is 296 g/mol. The Balaban J connectivity index is 0.000000921. The van der Waals surface area contributed by atoms with Crippen molar-refractivity contribution in [3.63, 3.8) is 0 Å². The quantitative estimate of drug-likeness (QED) is 0.552. The van der Waals surface area contributed by atoms with Crippen LogP contribution in [0.2, 0.25) is 0 Å². The molecule has 0 bridgehead atoms. The van der Waals surface area contributed by atoms with Gasteiger partial charge in [-0.3, -0.25) is 0 Å². The van der Waals surface area contributed by atoms with E-state index in [0.717, 1.165) is 0 Å². The molecular formula is C20H41N. The van der Waals surface area contributed by atoms with Crippen molar-refractivity contribution in [1.29, 1.82) is 0 Å². The van der Waals surface area contributed by atoms with Crippen molar-refractivity contribution in [2.24, 2.45) is 5.41 Å². The number of allylic oxidation sites excluding steroid dienone is 1. The minimum atomic E-state index is 0.670. The Kier molecular flexibility index (Phi) is 11.1. The predicted molar refractivity (Wildman–Crippen MR) is 97.9 cm³/mol. The first-order valence-electron chi connectivity index (χ1n) is 9.67. The summed E-state index contributed by atoms with van der Waals surface area (Å²) in [6.45, 7) is 12.7. The van der Waals surface area contributed by atoms with E-state index in [1.807, 2.05) is 33.3 Å². The molecule has 2 aliphatic carbocycles. The topological polar surface area (TPSA) is 12.0 Å². The molecule has 126 valence electrons. The first-order valence-corrected chi connectivity index (χ1v) is 9.67. The molecule has 0 heterocycles. The second-order valence-electron chi connectivity index (χ2n) is 6.05. The summed E-state index contributed by atoms with van der Waals surface area (Å²) < 4.78 is 0. The van der Waals surface area contributed by atoms with Gasteiger partial charge >= 0.3 is 0 Å². The van der Waals surface area contributed by atoms with Crippen LogP contribution in [0.3, 0.4) is 0 Å². The fraction of sp³-hybridized carbons (Fsp3) is 0.900. The molecule has 0 aromatic carbocycles. The minimum absolute atomic E-state index is 0.670. The number of unbranched alkanes of at least 4 members (excludes halogenated alkanes) is 1. The lowest BCUT2D eigenvalue weighted by molar-refractivity contribution is 0.422. The van der Waals surface area contributed by atoms with Gasteiger partial charge in [-0.1, -0.05) is 72.0 Å². The molecule has 2 atom stereocenters. The van der Waals surface area contributed by atoms with Gasteiger partial charge in [-0.2, -0.15) is 0 Å². The van der Waals surface area contributed by atoms with E-state index < -0.39 is 0 Å². The van der Waals surface area contributed by atoms with Crippen LogP contribution in [0, 0.1) is 5.41 Å². The highest BCUT2D eigenvalue weighted by atomic mass is 14.9. The Labute approximate surface area is 135 Å². The molecule has 0 aromatic heterocycles. The van der Waals surface area contributed by atoms with Crippen LogP contribution >= 0.6 is 0 Å². The number of rotatable bonds is 6. The van der Waals surface area contributed by atoms with Gasteiger partial charge in [0.2, 0.25) is 0 Å². The summed E-state index contributed by atoms with van der Waals surface area (Å²) in [4.78, 5) is 0. The van der Waals surface area contributed by atoms with E-state index >= 15 is 0 Å². The standard InChI is InChI=1S/C16H29N.2C2H6/c1-4-6-8-13-14-12-16(14,10-5-2)11-7-9-15(13)17-3;2*1-2/h15,17H,4-12H2,1-3H3;2*1-2H3. The van der Waals surface area contributed by atoms with Crippen molar-refractivity contribution in [3.8, 4) is 0 Å². The van der Waals surface area contributed by atoms with Gasteiger partial charge in [0.25, 0.3) is 0 Å². The highest BCUT2D eigenvalue weighted by molar-refractivity contribution is 5.41. The first kappa shape index (κ1) is 20.7. The molecule has 1 N–H and O–H groups in total. The number of nitrogens with one attached hydrogen (secondary N) is 1. The maximum absolute atomic E-state index is 3.56. The molecule has 1 heteroatoms. The Bertz CT molecular complexity index is 292. The van der Waals surface area contributed by atoms with E-state index in [9.17, 15) is 0 Å². The van der Waals surface area contributed by atoms with Gasteiger partial charge < -0.3 is 5.32 Å². The second kappa shape index (κ2) is 11.3. The zero-order valence-corrected chi connectivity index (χ0v) is 15.9. The van der Waals surface area contributed by atoms with Crippen LogP contribution in [0.4, 0.5) is 0 Å². The first-order chi connectivity index (χ1) is 10.3. The molecule has 0 aromatic rings. The van der Waals surface area contributed by atoms with Gasteiger partial charge in [0.15, 0.2) is 0 Å². The summed E-state index contributed by atoms with van der Waals surface area (Å²) in [6.07, 6.45) is 12.5. The van der Waals surface area contributed by atoms with E-state index in [1.54, 1.807) is 5.57 Å². The van der Waals surface area contributed by atoms with Crippen LogP contribution in [0.25, 0.3) is 0 Å². The maximum Gasteiger partial charge on any atom is 0.0279 e. The lowest BCUT2D eigenvalue weighted by Crippen LogP contribution is -2.27. The molecule has 2 rings (SSSR count). The third-order valence-corrected chi connectivity index (χ3v) is 4.86. The smallest absolute Gasteiger partial charge is 0.0279 e. The van der Waals surface area contributed by atoms with E-state index in [-0.39, 0.29) is 0 Å².